The molecular formula is C23H34IN3O4. The lowest BCUT2D eigenvalue weighted by atomic mass is 10.1. The van der Waals surface area contributed by atoms with E-state index < -0.39 is 0 Å². The molecule has 2 aromatic rings. The van der Waals surface area contributed by atoms with E-state index in [9.17, 15) is 0 Å². The van der Waals surface area contributed by atoms with Gasteiger partial charge in [-0.2, -0.15) is 0 Å². The molecule has 8 heteroatoms. The number of aryl methyl sites for hydroxylation is 1. The summed E-state index contributed by atoms with van der Waals surface area (Å²) in [7, 11) is 6.69. The molecule has 0 aliphatic heterocycles. The monoisotopic (exact) mass is 543 g/mol. The van der Waals surface area contributed by atoms with Crippen LogP contribution in [0.25, 0.3) is 0 Å². The maximum absolute atomic E-state index is 5.65. The molecule has 7 nitrogen and oxygen atoms in total. The summed E-state index contributed by atoms with van der Waals surface area (Å²) in [5.41, 5.74) is 2.30. The van der Waals surface area contributed by atoms with Gasteiger partial charge in [-0.3, -0.25) is 4.99 Å². The molecule has 0 aromatic heterocycles. The van der Waals surface area contributed by atoms with Crippen LogP contribution < -0.4 is 29.6 Å². The van der Waals surface area contributed by atoms with Crippen molar-refractivity contribution in [3.05, 3.63) is 47.5 Å². The molecule has 172 valence electrons. The van der Waals surface area contributed by atoms with Gasteiger partial charge in [-0.1, -0.05) is 12.1 Å². The van der Waals surface area contributed by atoms with Gasteiger partial charge in [0, 0.05) is 20.1 Å². The van der Waals surface area contributed by atoms with Crippen molar-refractivity contribution in [2.75, 3.05) is 41.5 Å². The second-order valence-corrected chi connectivity index (χ2v) is 6.56. The predicted molar refractivity (Wildman–Crippen MR) is 136 cm³/mol. The molecule has 0 unspecified atom stereocenters. The summed E-state index contributed by atoms with van der Waals surface area (Å²) in [5.74, 6) is 3.74. The van der Waals surface area contributed by atoms with Gasteiger partial charge in [0.2, 0.25) is 0 Å². The number of nitrogens with zero attached hydrogens (tertiary/aromatic N) is 1. The van der Waals surface area contributed by atoms with Crippen molar-refractivity contribution in [3.8, 4) is 23.0 Å². The number of methoxy groups -OCH3 is 3. The van der Waals surface area contributed by atoms with E-state index in [1.165, 1.54) is 5.56 Å². The van der Waals surface area contributed by atoms with Gasteiger partial charge in [-0.15, -0.1) is 24.0 Å². The fourth-order valence-electron chi connectivity index (χ4n) is 3.04. The van der Waals surface area contributed by atoms with E-state index in [0.717, 1.165) is 48.2 Å². The van der Waals surface area contributed by atoms with Gasteiger partial charge in [0.15, 0.2) is 29.0 Å². The van der Waals surface area contributed by atoms with Gasteiger partial charge in [-0.05, 0) is 55.2 Å². The highest BCUT2D eigenvalue weighted by Gasteiger charge is 2.07. The standard InChI is InChI=1S/C23H33N3O4.HI/c1-6-30-22-14-17(9-11-20(22)28-4)8-7-13-25-23(24-2)26-16-18-10-12-19(27-3)21(15-18)29-5;/h9-12,14-15H,6-8,13,16H2,1-5H3,(H2,24,25,26);1H. The summed E-state index contributed by atoms with van der Waals surface area (Å²) >= 11 is 0. The molecule has 0 fully saturated rings. The molecule has 2 aromatic carbocycles. The van der Waals surface area contributed by atoms with E-state index >= 15 is 0 Å². The van der Waals surface area contributed by atoms with Crippen molar-refractivity contribution >= 4 is 29.9 Å². The molecule has 2 N–H and O–H groups in total. The Morgan fingerprint density at radius 1 is 0.839 bits per heavy atom. The van der Waals surface area contributed by atoms with Crippen molar-refractivity contribution < 1.29 is 18.9 Å². The lowest BCUT2D eigenvalue weighted by Crippen LogP contribution is -2.37. The molecule has 0 heterocycles. The number of rotatable bonds is 11. The van der Waals surface area contributed by atoms with Crippen LogP contribution in [-0.2, 0) is 13.0 Å². The van der Waals surface area contributed by atoms with Gasteiger partial charge in [0.1, 0.15) is 0 Å². The van der Waals surface area contributed by atoms with Crippen LogP contribution in [0.3, 0.4) is 0 Å². The molecule has 0 bridgehead atoms. The third-order valence-corrected chi connectivity index (χ3v) is 4.59. The molecule has 0 aliphatic carbocycles. The number of nitrogens with one attached hydrogen (secondary N) is 2. The summed E-state index contributed by atoms with van der Waals surface area (Å²) in [6.07, 6.45) is 1.90. The molecular weight excluding hydrogens is 509 g/mol. The summed E-state index contributed by atoms with van der Waals surface area (Å²) in [6, 6.07) is 11.9. The molecule has 0 aliphatic rings. The number of ether oxygens (including phenoxy) is 4. The van der Waals surface area contributed by atoms with Gasteiger partial charge < -0.3 is 29.6 Å². The Morgan fingerprint density at radius 2 is 1.45 bits per heavy atom. The first-order chi connectivity index (χ1) is 14.6. The van der Waals surface area contributed by atoms with Crippen LogP contribution in [-0.4, -0.2) is 47.5 Å². The molecule has 31 heavy (non-hydrogen) atoms. The minimum atomic E-state index is 0. The predicted octanol–water partition coefficient (Wildman–Crippen LogP) is 4.03. The topological polar surface area (TPSA) is 73.3 Å². The highest BCUT2D eigenvalue weighted by Crippen LogP contribution is 2.29. The summed E-state index contributed by atoms with van der Waals surface area (Å²) < 4.78 is 21.6. The van der Waals surface area contributed by atoms with Crippen LogP contribution in [0.1, 0.15) is 24.5 Å². The average Bonchev–Trinajstić information content (AvgIpc) is 2.78. The molecule has 0 saturated carbocycles. The van der Waals surface area contributed by atoms with Crippen LogP contribution in [0.2, 0.25) is 0 Å². The van der Waals surface area contributed by atoms with Crippen molar-refractivity contribution in [3.63, 3.8) is 0 Å². The van der Waals surface area contributed by atoms with E-state index in [1.54, 1.807) is 28.4 Å². The Bertz CT molecular complexity index is 830. The van der Waals surface area contributed by atoms with Crippen LogP contribution in [0.4, 0.5) is 0 Å². The van der Waals surface area contributed by atoms with Crippen molar-refractivity contribution in [2.45, 2.75) is 26.3 Å². The van der Waals surface area contributed by atoms with Crippen LogP contribution in [0.5, 0.6) is 23.0 Å². The first-order valence-corrected chi connectivity index (χ1v) is 10.1. The molecule has 0 atom stereocenters. The zero-order valence-electron chi connectivity index (χ0n) is 19.0. The van der Waals surface area contributed by atoms with Gasteiger partial charge >= 0.3 is 0 Å². The Labute approximate surface area is 202 Å². The van der Waals surface area contributed by atoms with Crippen molar-refractivity contribution in [1.29, 1.82) is 0 Å². The van der Waals surface area contributed by atoms with Gasteiger partial charge in [0.25, 0.3) is 0 Å². The second kappa shape index (κ2) is 14.6. The first kappa shape index (κ1) is 26.7. The molecule has 0 spiro atoms. The fourth-order valence-corrected chi connectivity index (χ4v) is 3.04. The summed E-state index contributed by atoms with van der Waals surface area (Å²) in [6.45, 7) is 4.03. The molecule has 2 rings (SSSR count). The SMILES string of the molecule is CCOc1cc(CCCNC(=NC)NCc2ccc(OC)c(OC)c2)ccc1OC.I. The maximum atomic E-state index is 5.65. The lowest BCUT2D eigenvalue weighted by molar-refractivity contribution is 0.310. The molecule has 0 radical (unpaired) electrons. The minimum Gasteiger partial charge on any atom is -0.493 e. The third-order valence-electron chi connectivity index (χ3n) is 4.59. The number of benzene rings is 2. The third kappa shape index (κ3) is 8.35. The van der Waals surface area contributed by atoms with Crippen LogP contribution >= 0.6 is 24.0 Å². The number of aliphatic imine (C=N–C) groups is 1. The van der Waals surface area contributed by atoms with E-state index in [4.69, 9.17) is 18.9 Å². The summed E-state index contributed by atoms with van der Waals surface area (Å²) in [4.78, 5) is 4.29. The van der Waals surface area contributed by atoms with Crippen molar-refractivity contribution in [2.24, 2.45) is 4.99 Å². The van der Waals surface area contributed by atoms with Gasteiger partial charge in [0.05, 0.1) is 27.9 Å². The zero-order valence-corrected chi connectivity index (χ0v) is 21.3. The number of hydrogen-bond acceptors (Lipinski definition) is 5. The lowest BCUT2D eigenvalue weighted by Gasteiger charge is -2.14. The number of guanidine groups is 1. The van der Waals surface area contributed by atoms with Crippen LogP contribution in [0, 0.1) is 0 Å². The number of halogens is 1. The molecule has 0 saturated heterocycles. The quantitative estimate of drug-likeness (QED) is 0.193. The Balaban J connectivity index is 0.00000480. The zero-order chi connectivity index (χ0) is 21.8. The van der Waals surface area contributed by atoms with Crippen LogP contribution in [0.15, 0.2) is 41.4 Å². The van der Waals surface area contributed by atoms with E-state index in [0.29, 0.717) is 18.9 Å². The van der Waals surface area contributed by atoms with Gasteiger partial charge in [-0.25, -0.2) is 0 Å². The summed E-state index contributed by atoms with van der Waals surface area (Å²) in [5, 5.41) is 6.67. The van der Waals surface area contributed by atoms with E-state index in [-0.39, 0.29) is 24.0 Å². The molecule has 0 amide bonds. The Kier molecular flexibility index (Phi) is 12.6. The van der Waals surface area contributed by atoms with Crippen molar-refractivity contribution in [1.82, 2.24) is 10.6 Å². The normalized spacial score (nSPS) is 10.7. The Morgan fingerprint density at radius 3 is 2.06 bits per heavy atom. The highest BCUT2D eigenvalue weighted by atomic mass is 127. The number of hydrogen-bond donors (Lipinski definition) is 2. The highest BCUT2D eigenvalue weighted by molar-refractivity contribution is 14.0. The van der Waals surface area contributed by atoms with E-state index in [1.807, 2.05) is 37.3 Å². The van der Waals surface area contributed by atoms with E-state index in [2.05, 4.69) is 21.7 Å². The minimum absolute atomic E-state index is 0. The second-order valence-electron chi connectivity index (χ2n) is 6.56. The Hall–Kier alpha value is -2.36. The smallest absolute Gasteiger partial charge is 0.191 e. The fraction of sp³-hybridized carbons (Fsp3) is 0.435. The average molecular weight is 543 g/mol. The first-order valence-electron chi connectivity index (χ1n) is 10.1. The maximum Gasteiger partial charge on any atom is 0.191 e. The largest absolute Gasteiger partial charge is 0.493 e.